The number of benzene rings is 1. The largest absolute Gasteiger partial charge is 0.351 e. The summed E-state index contributed by atoms with van der Waals surface area (Å²) in [5, 5.41) is 6.51. The summed E-state index contributed by atoms with van der Waals surface area (Å²) in [5.41, 5.74) is 1.70. The minimum Gasteiger partial charge on any atom is -0.351 e. The van der Waals surface area contributed by atoms with Gasteiger partial charge in [0, 0.05) is 35.3 Å². The van der Waals surface area contributed by atoms with Crippen molar-refractivity contribution in [3.8, 4) is 0 Å². The van der Waals surface area contributed by atoms with Crippen LogP contribution in [0.15, 0.2) is 24.3 Å². The molecule has 180 valence electrons. The second-order valence-electron chi connectivity index (χ2n) is 8.85. The normalized spacial score (nSPS) is 22.3. The molecular formula is C22H24FN5O4S2. The number of thiazole rings is 1. The maximum Gasteiger partial charge on any atom is 0.280 e. The van der Waals surface area contributed by atoms with Crippen LogP contribution in [0.2, 0.25) is 0 Å². The van der Waals surface area contributed by atoms with Gasteiger partial charge in [0.05, 0.1) is 29.3 Å². The molecule has 5 rings (SSSR count). The van der Waals surface area contributed by atoms with Crippen molar-refractivity contribution in [3.05, 3.63) is 51.4 Å². The molecule has 2 aliphatic heterocycles. The monoisotopic (exact) mass is 505 g/mol. The van der Waals surface area contributed by atoms with Gasteiger partial charge < -0.3 is 20.5 Å². The summed E-state index contributed by atoms with van der Waals surface area (Å²) >= 11 is 1.35. The van der Waals surface area contributed by atoms with Gasteiger partial charge in [-0.25, -0.2) is 17.8 Å². The molecule has 2 aliphatic rings. The Hall–Kier alpha value is -2.83. The molecule has 1 fully saturated rings. The number of halogens is 1. The number of hydrogen-bond donors (Lipinski definition) is 3. The van der Waals surface area contributed by atoms with Crippen LogP contribution < -0.4 is 10.6 Å². The topological polar surface area (TPSA) is 124 Å². The van der Waals surface area contributed by atoms with Crippen molar-refractivity contribution in [2.24, 2.45) is 0 Å². The maximum atomic E-state index is 13.5. The first-order valence-electron chi connectivity index (χ1n) is 10.9. The summed E-state index contributed by atoms with van der Waals surface area (Å²) in [7, 11) is -1.36. The quantitative estimate of drug-likeness (QED) is 0.493. The first-order chi connectivity index (χ1) is 16.2. The molecule has 3 N–H and O–H groups in total. The van der Waals surface area contributed by atoms with E-state index in [1.807, 2.05) is 7.05 Å². The number of H-pyrrole nitrogens is 1. The summed E-state index contributed by atoms with van der Waals surface area (Å²) in [6, 6.07) is 4.26. The van der Waals surface area contributed by atoms with Crippen LogP contribution in [0.3, 0.4) is 0 Å². The highest BCUT2D eigenvalue weighted by molar-refractivity contribution is 7.91. The Morgan fingerprint density at radius 2 is 2.00 bits per heavy atom. The van der Waals surface area contributed by atoms with Gasteiger partial charge in [-0.15, -0.1) is 11.3 Å². The molecule has 0 spiro atoms. The first-order valence-corrected chi connectivity index (χ1v) is 13.6. The number of nitrogens with one attached hydrogen (secondary N) is 3. The van der Waals surface area contributed by atoms with E-state index >= 15 is 0 Å². The minimum atomic E-state index is -3.38. The molecule has 9 nitrogen and oxygen atoms in total. The van der Waals surface area contributed by atoms with E-state index in [0.29, 0.717) is 15.9 Å². The lowest BCUT2D eigenvalue weighted by molar-refractivity contribution is 0.0882. The molecule has 2 amide bonds. The van der Waals surface area contributed by atoms with Crippen LogP contribution in [0.5, 0.6) is 0 Å². The number of carbonyl (C=O) groups is 2. The molecule has 4 heterocycles. The van der Waals surface area contributed by atoms with Crippen LogP contribution in [0, 0.1) is 5.82 Å². The SMILES string of the molecule is CN1CCc2nc(C(=O)N[C@@H]3CCS(=O)(=O)CC3NC(=O)c3cc4cc(F)ccc4[nH]3)sc2C1. The van der Waals surface area contributed by atoms with Crippen molar-refractivity contribution < 1.29 is 22.4 Å². The highest BCUT2D eigenvalue weighted by atomic mass is 32.2. The van der Waals surface area contributed by atoms with Crippen molar-refractivity contribution >= 4 is 43.9 Å². The Morgan fingerprint density at radius 1 is 1.21 bits per heavy atom. The van der Waals surface area contributed by atoms with Crippen molar-refractivity contribution in [2.45, 2.75) is 31.5 Å². The van der Waals surface area contributed by atoms with Crippen LogP contribution >= 0.6 is 11.3 Å². The number of likely N-dealkylation sites (N-methyl/N-ethyl adjacent to an activating group) is 1. The fourth-order valence-electron chi connectivity index (χ4n) is 4.42. The lowest BCUT2D eigenvalue weighted by Gasteiger charge is -2.32. The Kier molecular flexibility index (Phi) is 5.90. The number of amides is 2. The highest BCUT2D eigenvalue weighted by Crippen LogP contribution is 2.25. The summed E-state index contributed by atoms with van der Waals surface area (Å²) in [6.45, 7) is 1.63. The first kappa shape index (κ1) is 22.9. The Bertz CT molecular complexity index is 1380. The molecule has 34 heavy (non-hydrogen) atoms. The third-order valence-electron chi connectivity index (χ3n) is 6.24. The molecule has 12 heteroatoms. The summed E-state index contributed by atoms with van der Waals surface area (Å²) in [4.78, 5) is 36.5. The molecule has 1 aromatic carbocycles. The van der Waals surface area contributed by atoms with E-state index in [-0.39, 0.29) is 29.5 Å². The fourth-order valence-corrected chi connectivity index (χ4v) is 7.15. The fraction of sp³-hybridized carbons (Fsp3) is 0.409. The number of rotatable bonds is 4. The van der Waals surface area contributed by atoms with E-state index in [4.69, 9.17) is 0 Å². The molecule has 1 unspecified atom stereocenters. The zero-order chi connectivity index (χ0) is 24.0. The van der Waals surface area contributed by atoms with Crippen molar-refractivity contribution in [1.29, 1.82) is 0 Å². The Labute approximate surface area is 199 Å². The van der Waals surface area contributed by atoms with Gasteiger partial charge in [0.25, 0.3) is 11.8 Å². The van der Waals surface area contributed by atoms with Crippen molar-refractivity contribution in [1.82, 2.24) is 25.5 Å². The van der Waals surface area contributed by atoms with Crippen LogP contribution in [0.4, 0.5) is 4.39 Å². The number of hydrogen-bond acceptors (Lipinski definition) is 7. The van der Waals surface area contributed by atoms with Crippen LogP contribution in [-0.4, -0.2) is 72.3 Å². The van der Waals surface area contributed by atoms with Gasteiger partial charge >= 0.3 is 0 Å². The van der Waals surface area contributed by atoms with Gasteiger partial charge in [-0.1, -0.05) is 0 Å². The minimum absolute atomic E-state index is 0.0743. The second kappa shape index (κ2) is 8.75. The summed E-state index contributed by atoms with van der Waals surface area (Å²) in [6.07, 6.45) is 0.967. The zero-order valence-electron chi connectivity index (χ0n) is 18.4. The number of sulfone groups is 1. The lowest BCUT2D eigenvalue weighted by Crippen LogP contribution is -2.58. The Morgan fingerprint density at radius 3 is 2.82 bits per heavy atom. The highest BCUT2D eigenvalue weighted by Gasteiger charge is 2.36. The molecule has 3 aromatic rings. The number of nitrogens with zero attached hydrogens (tertiary/aromatic N) is 2. The summed E-state index contributed by atoms with van der Waals surface area (Å²) in [5.74, 6) is -1.67. The average molecular weight is 506 g/mol. The van der Waals surface area contributed by atoms with E-state index in [1.54, 1.807) is 0 Å². The second-order valence-corrected chi connectivity index (χ2v) is 12.2. The molecule has 2 aromatic heterocycles. The molecule has 1 saturated heterocycles. The van der Waals surface area contributed by atoms with E-state index < -0.39 is 33.6 Å². The van der Waals surface area contributed by atoms with Gasteiger partial charge in [0.15, 0.2) is 14.8 Å². The predicted molar refractivity (Wildman–Crippen MR) is 126 cm³/mol. The Balaban J connectivity index is 1.32. The standard InChI is InChI=1S/C22H24FN5O4S2/c1-28-6-4-16-19(10-28)33-22(27-16)21(30)25-15-5-7-34(31,32)11-18(15)26-20(29)17-9-12-8-13(23)2-3-14(12)24-17/h2-3,8-9,15,18,24H,4-7,10-11H2,1H3,(H,25,30)(H,26,29)/t15-,18?/m1/s1. The number of aromatic nitrogens is 2. The molecule has 0 radical (unpaired) electrons. The van der Waals surface area contributed by atoms with E-state index in [2.05, 4.69) is 25.5 Å². The van der Waals surface area contributed by atoms with Gasteiger partial charge in [-0.2, -0.15) is 0 Å². The third kappa shape index (κ3) is 4.70. The van der Waals surface area contributed by atoms with Gasteiger partial charge in [-0.3, -0.25) is 9.59 Å². The third-order valence-corrected chi connectivity index (χ3v) is 9.04. The van der Waals surface area contributed by atoms with Crippen molar-refractivity contribution in [2.75, 3.05) is 25.1 Å². The molecule has 0 bridgehead atoms. The molecular weight excluding hydrogens is 481 g/mol. The number of aromatic amines is 1. The van der Waals surface area contributed by atoms with E-state index in [0.717, 1.165) is 30.1 Å². The van der Waals surface area contributed by atoms with Crippen molar-refractivity contribution in [3.63, 3.8) is 0 Å². The van der Waals surface area contributed by atoms with Gasteiger partial charge in [-0.05, 0) is 37.7 Å². The van der Waals surface area contributed by atoms with Gasteiger partial charge in [0.2, 0.25) is 0 Å². The van der Waals surface area contributed by atoms with Crippen LogP contribution in [0.1, 0.15) is 37.3 Å². The van der Waals surface area contributed by atoms with Crippen LogP contribution in [-0.2, 0) is 22.8 Å². The zero-order valence-corrected chi connectivity index (χ0v) is 20.1. The lowest BCUT2D eigenvalue weighted by atomic mass is 10.1. The van der Waals surface area contributed by atoms with Gasteiger partial charge in [0.1, 0.15) is 11.5 Å². The molecule has 0 aliphatic carbocycles. The molecule has 2 atom stereocenters. The average Bonchev–Trinajstić information content (AvgIpc) is 3.38. The van der Waals surface area contributed by atoms with Crippen LogP contribution in [0.25, 0.3) is 10.9 Å². The van der Waals surface area contributed by atoms with E-state index in [1.165, 1.54) is 35.6 Å². The number of fused-ring (bicyclic) bond motifs is 2. The predicted octanol–water partition coefficient (Wildman–Crippen LogP) is 1.47. The summed E-state index contributed by atoms with van der Waals surface area (Å²) < 4.78 is 38.1. The van der Waals surface area contributed by atoms with E-state index in [9.17, 15) is 22.4 Å². The molecule has 0 saturated carbocycles. The smallest absolute Gasteiger partial charge is 0.280 e. The number of carbonyl (C=O) groups excluding carboxylic acids is 2. The maximum absolute atomic E-state index is 13.5.